The van der Waals surface area contributed by atoms with E-state index in [9.17, 15) is 0 Å². The highest BCUT2D eigenvalue weighted by molar-refractivity contribution is 5.60. The van der Waals surface area contributed by atoms with Gasteiger partial charge in [0, 0.05) is 49.4 Å². The maximum atomic E-state index is 5.94. The first-order valence-corrected chi connectivity index (χ1v) is 9.49. The van der Waals surface area contributed by atoms with Gasteiger partial charge in [-0.15, -0.1) is 0 Å². The third-order valence-electron chi connectivity index (χ3n) is 5.13. The number of benzene rings is 1. The van der Waals surface area contributed by atoms with Gasteiger partial charge in [-0.1, -0.05) is 12.6 Å². The average Bonchev–Trinajstić information content (AvgIpc) is 2.67. The first-order chi connectivity index (χ1) is 12.8. The highest BCUT2D eigenvalue weighted by atomic mass is 16.5. The van der Waals surface area contributed by atoms with Gasteiger partial charge in [0.1, 0.15) is 5.75 Å². The van der Waals surface area contributed by atoms with E-state index in [1.54, 1.807) is 12.4 Å². The van der Waals surface area contributed by atoms with E-state index in [4.69, 9.17) is 4.74 Å². The molecule has 0 saturated carbocycles. The van der Waals surface area contributed by atoms with Gasteiger partial charge in [0.05, 0.1) is 18.0 Å². The number of ether oxygens (including phenoxy) is 1. The lowest BCUT2D eigenvalue weighted by atomic mass is 10.0. The summed E-state index contributed by atoms with van der Waals surface area (Å²) in [5.41, 5.74) is 5.88. The number of hydrogen-bond acceptors (Lipinski definition) is 5. The quantitative estimate of drug-likeness (QED) is 0.807. The Kier molecular flexibility index (Phi) is 5.16. The summed E-state index contributed by atoms with van der Waals surface area (Å²) in [4.78, 5) is 11.3. The summed E-state index contributed by atoms with van der Waals surface area (Å²) in [6.45, 7) is 7.86. The predicted octanol–water partition coefficient (Wildman–Crippen LogP) is 3.57. The van der Waals surface area contributed by atoms with Crippen LogP contribution in [0.1, 0.15) is 36.2 Å². The Morgan fingerprint density at radius 2 is 1.96 bits per heavy atom. The zero-order valence-electron chi connectivity index (χ0n) is 15.2. The fourth-order valence-corrected chi connectivity index (χ4v) is 3.63. The number of aryl methyl sites for hydroxylation is 1. The molecule has 136 valence electrons. The second-order valence-electron chi connectivity index (χ2n) is 7.08. The van der Waals surface area contributed by atoms with E-state index in [0.29, 0.717) is 0 Å². The number of unbranched alkanes of at least 4 members (excludes halogenated alkanes) is 1. The normalized spacial score (nSPS) is 16.5. The molecule has 0 unspecified atom stereocenters. The molecular weight excluding hydrogens is 324 g/mol. The molecule has 0 radical (unpaired) electrons. The second kappa shape index (κ2) is 7.87. The van der Waals surface area contributed by atoms with Crippen LogP contribution >= 0.6 is 0 Å². The van der Waals surface area contributed by atoms with E-state index in [1.807, 2.05) is 0 Å². The standard InChI is InChI=1S/C21H26N4O/c1-16-4-5-17-6-7-18(14-20(17)24-16)26-13-3-2-11-25-12-8-19-21(15-25)23-10-9-22-19/h6-7,9-10,14,24H,1-5,8,11-13,15H2. The Morgan fingerprint density at radius 1 is 1.08 bits per heavy atom. The SMILES string of the molecule is C=C1CCc2ccc(OCCCCN3CCc4nccnc4C3)cc2N1. The highest BCUT2D eigenvalue weighted by Crippen LogP contribution is 2.29. The number of aromatic nitrogens is 2. The topological polar surface area (TPSA) is 50.3 Å². The van der Waals surface area contributed by atoms with E-state index < -0.39 is 0 Å². The molecule has 5 heteroatoms. The van der Waals surface area contributed by atoms with Gasteiger partial charge in [-0.25, -0.2) is 0 Å². The van der Waals surface area contributed by atoms with E-state index in [1.165, 1.54) is 5.56 Å². The van der Waals surface area contributed by atoms with E-state index >= 15 is 0 Å². The van der Waals surface area contributed by atoms with Crippen molar-refractivity contribution in [3.63, 3.8) is 0 Å². The van der Waals surface area contributed by atoms with Crippen LogP contribution in [0.2, 0.25) is 0 Å². The minimum absolute atomic E-state index is 0.754. The fraction of sp³-hybridized carbons (Fsp3) is 0.429. The fourth-order valence-electron chi connectivity index (χ4n) is 3.63. The van der Waals surface area contributed by atoms with Crippen LogP contribution in [0.4, 0.5) is 5.69 Å². The number of fused-ring (bicyclic) bond motifs is 2. The van der Waals surface area contributed by atoms with Crippen molar-refractivity contribution in [2.45, 2.75) is 38.6 Å². The van der Waals surface area contributed by atoms with Crippen LogP contribution in [-0.2, 0) is 19.4 Å². The summed E-state index contributed by atoms with van der Waals surface area (Å²) in [7, 11) is 0. The Hall–Kier alpha value is -2.40. The van der Waals surface area contributed by atoms with E-state index in [2.05, 4.69) is 45.0 Å². The Bertz CT molecular complexity index is 789. The number of nitrogens with zero attached hydrogens (tertiary/aromatic N) is 3. The number of anilines is 1. The van der Waals surface area contributed by atoms with Crippen LogP contribution in [0, 0.1) is 0 Å². The maximum Gasteiger partial charge on any atom is 0.121 e. The smallest absolute Gasteiger partial charge is 0.121 e. The molecule has 2 aliphatic heterocycles. The molecule has 5 nitrogen and oxygen atoms in total. The minimum atomic E-state index is 0.754. The van der Waals surface area contributed by atoms with Crippen LogP contribution in [0.25, 0.3) is 0 Å². The molecule has 0 bridgehead atoms. The third kappa shape index (κ3) is 4.05. The van der Waals surface area contributed by atoms with Gasteiger partial charge in [0.2, 0.25) is 0 Å². The van der Waals surface area contributed by atoms with Gasteiger partial charge in [0.15, 0.2) is 0 Å². The molecule has 0 aliphatic carbocycles. The molecule has 2 aromatic rings. The number of nitrogens with one attached hydrogen (secondary N) is 1. The highest BCUT2D eigenvalue weighted by Gasteiger charge is 2.17. The summed E-state index contributed by atoms with van der Waals surface area (Å²) < 4.78 is 5.94. The summed E-state index contributed by atoms with van der Waals surface area (Å²) in [6.07, 6.45) is 8.85. The van der Waals surface area contributed by atoms with Crippen molar-refractivity contribution in [2.75, 3.05) is 25.0 Å². The lowest BCUT2D eigenvalue weighted by molar-refractivity contribution is 0.230. The number of rotatable bonds is 6. The molecule has 3 heterocycles. The van der Waals surface area contributed by atoms with Crippen molar-refractivity contribution in [1.29, 1.82) is 0 Å². The second-order valence-corrected chi connectivity index (χ2v) is 7.08. The van der Waals surface area contributed by atoms with Gasteiger partial charge in [-0.2, -0.15) is 0 Å². The number of allylic oxidation sites excluding steroid dienone is 1. The predicted molar refractivity (Wildman–Crippen MR) is 103 cm³/mol. The molecule has 1 N–H and O–H groups in total. The number of hydrogen-bond donors (Lipinski definition) is 1. The van der Waals surface area contributed by atoms with Crippen molar-refractivity contribution in [3.8, 4) is 5.75 Å². The molecule has 26 heavy (non-hydrogen) atoms. The van der Waals surface area contributed by atoms with Crippen molar-refractivity contribution in [3.05, 3.63) is 59.8 Å². The summed E-state index contributed by atoms with van der Waals surface area (Å²) in [5.74, 6) is 0.938. The van der Waals surface area contributed by atoms with Crippen LogP contribution in [0.3, 0.4) is 0 Å². The molecule has 0 spiro atoms. The zero-order chi connectivity index (χ0) is 17.8. The summed E-state index contributed by atoms with van der Waals surface area (Å²) in [6, 6.07) is 6.34. The van der Waals surface area contributed by atoms with Crippen LogP contribution in [0.15, 0.2) is 42.9 Å². The largest absolute Gasteiger partial charge is 0.494 e. The van der Waals surface area contributed by atoms with Gasteiger partial charge in [-0.3, -0.25) is 14.9 Å². The van der Waals surface area contributed by atoms with Gasteiger partial charge in [0.25, 0.3) is 0 Å². The van der Waals surface area contributed by atoms with Gasteiger partial charge >= 0.3 is 0 Å². The molecule has 0 fully saturated rings. The zero-order valence-corrected chi connectivity index (χ0v) is 15.2. The molecule has 4 rings (SSSR count). The molecular formula is C21H26N4O. The van der Waals surface area contributed by atoms with Crippen LogP contribution < -0.4 is 10.1 Å². The van der Waals surface area contributed by atoms with Crippen LogP contribution in [0.5, 0.6) is 5.75 Å². The Balaban J connectivity index is 1.19. The lowest BCUT2D eigenvalue weighted by Crippen LogP contribution is -2.32. The summed E-state index contributed by atoms with van der Waals surface area (Å²) >= 11 is 0. The van der Waals surface area contributed by atoms with E-state index in [0.717, 1.165) is 86.9 Å². The molecule has 0 atom stereocenters. The first-order valence-electron chi connectivity index (χ1n) is 9.49. The van der Waals surface area contributed by atoms with Crippen molar-refractivity contribution in [1.82, 2.24) is 14.9 Å². The molecule has 0 saturated heterocycles. The van der Waals surface area contributed by atoms with Crippen molar-refractivity contribution >= 4 is 5.69 Å². The van der Waals surface area contributed by atoms with Gasteiger partial charge in [-0.05, 0) is 43.9 Å². The molecule has 2 aliphatic rings. The minimum Gasteiger partial charge on any atom is -0.494 e. The lowest BCUT2D eigenvalue weighted by Gasteiger charge is -2.27. The van der Waals surface area contributed by atoms with Gasteiger partial charge < -0.3 is 10.1 Å². The Morgan fingerprint density at radius 3 is 2.88 bits per heavy atom. The van der Waals surface area contributed by atoms with Crippen molar-refractivity contribution in [2.24, 2.45) is 0 Å². The monoisotopic (exact) mass is 350 g/mol. The Labute approximate surface area is 155 Å². The first kappa shape index (κ1) is 17.0. The van der Waals surface area contributed by atoms with Crippen molar-refractivity contribution < 1.29 is 4.74 Å². The molecule has 0 amide bonds. The molecule has 1 aromatic carbocycles. The summed E-state index contributed by atoms with van der Waals surface area (Å²) in [5, 5.41) is 3.36. The molecule has 1 aromatic heterocycles. The van der Waals surface area contributed by atoms with Crippen LogP contribution in [-0.4, -0.2) is 34.6 Å². The van der Waals surface area contributed by atoms with E-state index in [-0.39, 0.29) is 0 Å². The third-order valence-corrected chi connectivity index (χ3v) is 5.13. The average molecular weight is 350 g/mol. The maximum absolute atomic E-state index is 5.94.